The summed E-state index contributed by atoms with van der Waals surface area (Å²) in [4.78, 5) is 10.6. The van der Waals surface area contributed by atoms with E-state index in [2.05, 4.69) is 6.92 Å². The fourth-order valence-corrected chi connectivity index (χ4v) is 2.80. The molecule has 110 valence electrons. The molecule has 2 rings (SSSR count). The van der Waals surface area contributed by atoms with Crippen LogP contribution >= 0.6 is 0 Å². The smallest absolute Gasteiger partial charge is 0.311 e. The molecule has 5 heteroatoms. The van der Waals surface area contributed by atoms with Crippen LogP contribution < -0.4 is 4.74 Å². The molecule has 0 heterocycles. The van der Waals surface area contributed by atoms with Gasteiger partial charge in [-0.1, -0.05) is 25.8 Å². The molecule has 20 heavy (non-hydrogen) atoms. The predicted octanol–water partition coefficient (Wildman–Crippen LogP) is 3.43. The molecule has 0 saturated heterocycles. The zero-order chi connectivity index (χ0) is 14.5. The van der Waals surface area contributed by atoms with Crippen molar-refractivity contribution in [1.82, 2.24) is 0 Å². The number of hydrogen-bond acceptors (Lipinski definition) is 4. The third kappa shape index (κ3) is 3.48. The molecule has 5 nitrogen and oxygen atoms in total. The number of aliphatic hydroxyl groups excluding tert-OH is 1. The van der Waals surface area contributed by atoms with Crippen LogP contribution in [-0.2, 0) is 6.61 Å². The van der Waals surface area contributed by atoms with Gasteiger partial charge in [0.2, 0.25) is 0 Å². The van der Waals surface area contributed by atoms with E-state index in [9.17, 15) is 10.1 Å². The first-order valence-electron chi connectivity index (χ1n) is 7.18. The van der Waals surface area contributed by atoms with Crippen molar-refractivity contribution in [2.45, 2.75) is 51.7 Å². The Balaban J connectivity index is 2.14. The van der Waals surface area contributed by atoms with Crippen molar-refractivity contribution in [2.75, 3.05) is 0 Å². The van der Waals surface area contributed by atoms with Crippen LogP contribution in [0.3, 0.4) is 0 Å². The van der Waals surface area contributed by atoms with Crippen molar-refractivity contribution in [3.05, 3.63) is 33.9 Å². The zero-order valence-electron chi connectivity index (χ0n) is 11.7. The molecule has 1 fully saturated rings. The van der Waals surface area contributed by atoms with Crippen molar-refractivity contribution in [3.63, 3.8) is 0 Å². The van der Waals surface area contributed by atoms with E-state index in [1.165, 1.54) is 12.5 Å². The number of nitrogens with zero attached hydrogens (tertiary/aromatic N) is 1. The molecule has 0 aliphatic heterocycles. The molecule has 1 aliphatic carbocycles. The SMILES string of the molecule is CCC1CCCC(Oc2ccc(CO)cc2[N+](=O)[O-])C1. The fraction of sp³-hybridized carbons (Fsp3) is 0.600. The van der Waals surface area contributed by atoms with E-state index in [0.29, 0.717) is 17.2 Å². The Morgan fingerprint density at radius 3 is 2.90 bits per heavy atom. The van der Waals surface area contributed by atoms with Crippen LogP contribution in [0, 0.1) is 16.0 Å². The minimum Gasteiger partial charge on any atom is -0.483 e. The number of ether oxygens (including phenoxy) is 1. The lowest BCUT2D eigenvalue weighted by molar-refractivity contribution is -0.386. The summed E-state index contributed by atoms with van der Waals surface area (Å²) in [5, 5.41) is 20.2. The maximum Gasteiger partial charge on any atom is 0.311 e. The second-order valence-corrected chi connectivity index (χ2v) is 5.40. The van der Waals surface area contributed by atoms with Gasteiger partial charge in [0.1, 0.15) is 0 Å². The maximum absolute atomic E-state index is 11.1. The summed E-state index contributed by atoms with van der Waals surface area (Å²) in [5.74, 6) is 0.971. The predicted molar refractivity (Wildman–Crippen MR) is 75.7 cm³/mol. The molecule has 2 unspecified atom stereocenters. The van der Waals surface area contributed by atoms with Crippen LogP contribution in [0.5, 0.6) is 5.75 Å². The highest BCUT2D eigenvalue weighted by molar-refractivity contribution is 5.48. The van der Waals surface area contributed by atoms with E-state index in [1.807, 2.05) is 0 Å². The van der Waals surface area contributed by atoms with E-state index in [0.717, 1.165) is 25.7 Å². The number of nitro benzene ring substituents is 1. The molecule has 0 radical (unpaired) electrons. The minimum absolute atomic E-state index is 0.0600. The van der Waals surface area contributed by atoms with Gasteiger partial charge in [-0.3, -0.25) is 10.1 Å². The van der Waals surface area contributed by atoms with Gasteiger partial charge in [0, 0.05) is 6.07 Å². The monoisotopic (exact) mass is 279 g/mol. The summed E-state index contributed by atoms with van der Waals surface area (Å²) in [6.45, 7) is 1.97. The third-order valence-electron chi connectivity index (χ3n) is 4.01. The lowest BCUT2D eigenvalue weighted by atomic mass is 9.85. The zero-order valence-corrected chi connectivity index (χ0v) is 11.7. The van der Waals surface area contributed by atoms with Crippen molar-refractivity contribution >= 4 is 5.69 Å². The molecule has 1 aromatic carbocycles. The highest BCUT2D eigenvalue weighted by Gasteiger charge is 2.25. The number of rotatable bonds is 5. The van der Waals surface area contributed by atoms with Crippen molar-refractivity contribution in [1.29, 1.82) is 0 Å². The summed E-state index contributed by atoms with van der Waals surface area (Å²) in [6.07, 6.45) is 5.46. The van der Waals surface area contributed by atoms with Crippen LogP contribution in [-0.4, -0.2) is 16.1 Å². The number of aliphatic hydroxyl groups is 1. The molecular weight excluding hydrogens is 258 g/mol. The summed E-state index contributed by atoms with van der Waals surface area (Å²) < 4.78 is 5.86. The van der Waals surface area contributed by atoms with Crippen LogP contribution in [0.2, 0.25) is 0 Å². The Kier molecular flexibility index (Phi) is 4.95. The highest BCUT2D eigenvalue weighted by Crippen LogP contribution is 2.34. The van der Waals surface area contributed by atoms with E-state index in [-0.39, 0.29) is 18.4 Å². The Morgan fingerprint density at radius 1 is 1.45 bits per heavy atom. The molecule has 0 amide bonds. The first kappa shape index (κ1) is 14.8. The Labute approximate surface area is 118 Å². The van der Waals surface area contributed by atoms with Crippen LogP contribution in [0.4, 0.5) is 5.69 Å². The van der Waals surface area contributed by atoms with Gasteiger partial charge in [0.25, 0.3) is 0 Å². The van der Waals surface area contributed by atoms with Gasteiger partial charge in [-0.15, -0.1) is 0 Å². The second-order valence-electron chi connectivity index (χ2n) is 5.40. The molecule has 2 atom stereocenters. The van der Waals surface area contributed by atoms with Gasteiger partial charge >= 0.3 is 5.69 Å². The van der Waals surface area contributed by atoms with Crippen molar-refractivity contribution in [2.24, 2.45) is 5.92 Å². The van der Waals surface area contributed by atoms with E-state index < -0.39 is 4.92 Å². The van der Waals surface area contributed by atoms with Crippen molar-refractivity contribution in [3.8, 4) is 5.75 Å². The first-order valence-corrected chi connectivity index (χ1v) is 7.18. The topological polar surface area (TPSA) is 72.6 Å². The van der Waals surface area contributed by atoms with E-state index >= 15 is 0 Å². The van der Waals surface area contributed by atoms with Gasteiger partial charge < -0.3 is 9.84 Å². The third-order valence-corrected chi connectivity index (χ3v) is 4.01. The van der Waals surface area contributed by atoms with Crippen LogP contribution in [0.1, 0.15) is 44.6 Å². The maximum atomic E-state index is 11.1. The highest BCUT2D eigenvalue weighted by atomic mass is 16.6. The van der Waals surface area contributed by atoms with Gasteiger partial charge in [-0.05, 0) is 36.8 Å². The average molecular weight is 279 g/mol. The lowest BCUT2D eigenvalue weighted by Gasteiger charge is -2.28. The summed E-state index contributed by atoms with van der Waals surface area (Å²) in [6, 6.07) is 4.65. The van der Waals surface area contributed by atoms with Crippen molar-refractivity contribution < 1.29 is 14.8 Å². The number of hydrogen-bond donors (Lipinski definition) is 1. The summed E-state index contributed by atoms with van der Waals surface area (Å²) in [5.41, 5.74) is 0.467. The Hall–Kier alpha value is -1.62. The fourth-order valence-electron chi connectivity index (χ4n) is 2.80. The van der Waals surface area contributed by atoms with Crippen LogP contribution in [0.15, 0.2) is 18.2 Å². The molecular formula is C15H21NO4. The first-order chi connectivity index (χ1) is 9.63. The molecule has 0 aromatic heterocycles. The van der Waals surface area contributed by atoms with Gasteiger partial charge in [0.05, 0.1) is 17.6 Å². The second kappa shape index (κ2) is 6.70. The molecule has 1 aliphatic rings. The average Bonchev–Trinajstić information content (AvgIpc) is 2.47. The van der Waals surface area contributed by atoms with Crippen LogP contribution in [0.25, 0.3) is 0 Å². The number of benzene rings is 1. The molecule has 0 bridgehead atoms. The quantitative estimate of drug-likeness (QED) is 0.662. The molecule has 1 saturated carbocycles. The minimum atomic E-state index is -0.450. The Morgan fingerprint density at radius 2 is 2.25 bits per heavy atom. The van der Waals surface area contributed by atoms with Gasteiger partial charge in [0.15, 0.2) is 5.75 Å². The normalized spacial score (nSPS) is 22.5. The Bertz CT molecular complexity index is 475. The van der Waals surface area contributed by atoms with Gasteiger partial charge in [-0.2, -0.15) is 0 Å². The van der Waals surface area contributed by atoms with E-state index in [4.69, 9.17) is 9.84 Å². The standard InChI is InChI=1S/C15H21NO4/c1-2-11-4-3-5-13(8-11)20-15-7-6-12(10-17)9-14(15)16(18)19/h6-7,9,11,13,17H,2-5,8,10H2,1H3. The summed E-state index contributed by atoms with van der Waals surface area (Å²) in [7, 11) is 0. The lowest BCUT2D eigenvalue weighted by Crippen LogP contribution is -2.25. The van der Waals surface area contributed by atoms with Gasteiger partial charge in [-0.25, -0.2) is 0 Å². The number of nitro groups is 1. The van der Waals surface area contributed by atoms with E-state index in [1.54, 1.807) is 12.1 Å². The summed E-state index contributed by atoms with van der Waals surface area (Å²) >= 11 is 0. The molecule has 1 N–H and O–H groups in total. The largest absolute Gasteiger partial charge is 0.483 e. The molecule has 1 aromatic rings. The molecule has 0 spiro atoms.